The number of hydrogen-bond acceptors (Lipinski definition) is 5. The minimum Gasteiger partial charge on any atom is -0.381 e. The van der Waals surface area contributed by atoms with Crippen molar-refractivity contribution >= 4 is 11.6 Å². The van der Waals surface area contributed by atoms with Crippen LogP contribution in [0.4, 0.5) is 11.6 Å². The SMILES string of the molecule is CO[C@H]1CC[C@@H](c2nc(Nc3cc(C)[nH]n3)cc(C)c2C#N)CC1. The maximum Gasteiger partial charge on any atom is 0.153 e. The predicted molar refractivity (Wildman–Crippen MR) is 92.3 cm³/mol. The van der Waals surface area contributed by atoms with Gasteiger partial charge in [0.15, 0.2) is 5.82 Å². The number of rotatable bonds is 4. The lowest BCUT2D eigenvalue weighted by Crippen LogP contribution is -2.21. The van der Waals surface area contributed by atoms with Gasteiger partial charge in [-0.15, -0.1) is 0 Å². The van der Waals surface area contributed by atoms with Gasteiger partial charge in [-0.2, -0.15) is 10.4 Å². The number of aromatic nitrogens is 3. The van der Waals surface area contributed by atoms with Crippen LogP contribution < -0.4 is 5.32 Å². The third kappa shape index (κ3) is 3.41. The molecular formula is C18H23N5O. The van der Waals surface area contributed by atoms with E-state index in [4.69, 9.17) is 9.72 Å². The minimum absolute atomic E-state index is 0.312. The Balaban J connectivity index is 1.88. The third-order valence-corrected chi connectivity index (χ3v) is 4.71. The van der Waals surface area contributed by atoms with Crippen LogP contribution in [-0.2, 0) is 4.74 Å². The van der Waals surface area contributed by atoms with E-state index in [0.717, 1.165) is 54.3 Å². The topological polar surface area (TPSA) is 86.6 Å². The molecule has 0 aliphatic heterocycles. The highest BCUT2D eigenvalue weighted by molar-refractivity contribution is 5.56. The zero-order chi connectivity index (χ0) is 17.1. The molecule has 2 aromatic rings. The summed E-state index contributed by atoms with van der Waals surface area (Å²) >= 11 is 0. The monoisotopic (exact) mass is 325 g/mol. The molecule has 6 nitrogen and oxygen atoms in total. The molecular weight excluding hydrogens is 302 g/mol. The Morgan fingerprint density at radius 2 is 1.96 bits per heavy atom. The van der Waals surface area contributed by atoms with Crippen molar-refractivity contribution in [3.63, 3.8) is 0 Å². The lowest BCUT2D eigenvalue weighted by atomic mass is 9.83. The number of pyridine rings is 1. The molecule has 2 heterocycles. The van der Waals surface area contributed by atoms with Gasteiger partial charge in [0.25, 0.3) is 0 Å². The molecule has 0 atom stereocenters. The Hall–Kier alpha value is -2.39. The lowest BCUT2D eigenvalue weighted by molar-refractivity contribution is 0.0655. The molecule has 0 unspecified atom stereocenters. The summed E-state index contributed by atoms with van der Waals surface area (Å²) in [5.41, 5.74) is 3.55. The van der Waals surface area contributed by atoms with Gasteiger partial charge in [-0.1, -0.05) is 0 Å². The minimum atomic E-state index is 0.312. The van der Waals surface area contributed by atoms with E-state index < -0.39 is 0 Å². The number of nitriles is 1. The van der Waals surface area contributed by atoms with Crippen LogP contribution in [0.1, 0.15) is 54.1 Å². The van der Waals surface area contributed by atoms with E-state index in [-0.39, 0.29) is 0 Å². The first kappa shape index (κ1) is 16.5. The van der Waals surface area contributed by atoms with Crippen molar-refractivity contribution < 1.29 is 4.74 Å². The molecule has 126 valence electrons. The average Bonchev–Trinajstić information content (AvgIpc) is 2.99. The molecule has 3 rings (SSSR count). The van der Waals surface area contributed by atoms with Crippen LogP contribution in [0.3, 0.4) is 0 Å². The quantitative estimate of drug-likeness (QED) is 0.895. The Labute approximate surface area is 142 Å². The molecule has 24 heavy (non-hydrogen) atoms. The summed E-state index contributed by atoms with van der Waals surface area (Å²) in [4.78, 5) is 4.76. The molecule has 0 bridgehead atoms. The molecule has 6 heteroatoms. The Kier molecular flexibility index (Phi) is 4.81. The van der Waals surface area contributed by atoms with Crippen molar-refractivity contribution in [3.8, 4) is 6.07 Å². The molecule has 0 amide bonds. The van der Waals surface area contributed by atoms with E-state index in [2.05, 4.69) is 21.6 Å². The van der Waals surface area contributed by atoms with Gasteiger partial charge in [0, 0.05) is 24.8 Å². The lowest BCUT2D eigenvalue weighted by Gasteiger charge is -2.28. The van der Waals surface area contributed by atoms with Crippen molar-refractivity contribution in [2.24, 2.45) is 0 Å². The van der Waals surface area contributed by atoms with Gasteiger partial charge in [-0.25, -0.2) is 4.98 Å². The molecule has 0 spiro atoms. The van der Waals surface area contributed by atoms with Gasteiger partial charge in [-0.05, 0) is 51.2 Å². The van der Waals surface area contributed by atoms with Gasteiger partial charge in [-0.3, -0.25) is 5.10 Å². The second kappa shape index (κ2) is 7.02. The van der Waals surface area contributed by atoms with Gasteiger partial charge in [0.05, 0.1) is 17.4 Å². The van der Waals surface area contributed by atoms with Crippen LogP contribution in [0.25, 0.3) is 0 Å². The van der Waals surface area contributed by atoms with E-state index in [1.165, 1.54) is 0 Å². The zero-order valence-electron chi connectivity index (χ0n) is 14.4. The Bertz CT molecular complexity index is 753. The molecule has 1 saturated carbocycles. The van der Waals surface area contributed by atoms with E-state index in [0.29, 0.717) is 17.6 Å². The second-order valence-electron chi connectivity index (χ2n) is 6.47. The molecule has 0 saturated heterocycles. The number of aryl methyl sites for hydroxylation is 2. The van der Waals surface area contributed by atoms with Crippen LogP contribution >= 0.6 is 0 Å². The number of H-pyrrole nitrogens is 1. The summed E-state index contributed by atoms with van der Waals surface area (Å²) in [6, 6.07) is 6.18. The number of aromatic amines is 1. The van der Waals surface area contributed by atoms with Crippen molar-refractivity contribution in [2.75, 3.05) is 12.4 Å². The van der Waals surface area contributed by atoms with Crippen LogP contribution in [0.5, 0.6) is 0 Å². The fourth-order valence-electron chi connectivity index (χ4n) is 3.39. The van der Waals surface area contributed by atoms with E-state index in [9.17, 15) is 5.26 Å². The zero-order valence-corrected chi connectivity index (χ0v) is 14.4. The molecule has 1 fully saturated rings. The van der Waals surface area contributed by atoms with Crippen molar-refractivity contribution in [3.05, 3.63) is 34.6 Å². The van der Waals surface area contributed by atoms with Crippen LogP contribution in [0.15, 0.2) is 12.1 Å². The van der Waals surface area contributed by atoms with Gasteiger partial charge < -0.3 is 10.1 Å². The Morgan fingerprint density at radius 1 is 1.21 bits per heavy atom. The molecule has 2 N–H and O–H groups in total. The van der Waals surface area contributed by atoms with Gasteiger partial charge >= 0.3 is 0 Å². The molecule has 1 aliphatic rings. The second-order valence-corrected chi connectivity index (χ2v) is 6.47. The third-order valence-electron chi connectivity index (χ3n) is 4.71. The fraction of sp³-hybridized carbons (Fsp3) is 0.500. The maximum atomic E-state index is 9.56. The fourth-order valence-corrected chi connectivity index (χ4v) is 3.39. The van der Waals surface area contributed by atoms with Gasteiger partial charge in [0.1, 0.15) is 11.9 Å². The molecule has 1 aliphatic carbocycles. The summed E-state index contributed by atoms with van der Waals surface area (Å²) < 4.78 is 5.45. The summed E-state index contributed by atoms with van der Waals surface area (Å²) in [5, 5.41) is 19.9. The highest BCUT2D eigenvalue weighted by Gasteiger charge is 2.26. The highest BCUT2D eigenvalue weighted by Crippen LogP contribution is 2.36. The molecule has 0 aromatic carbocycles. The first-order valence-corrected chi connectivity index (χ1v) is 8.34. The molecule has 2 aromatic heterocycles. The first-order valence-electron chi connectivity index (χ1n) is 8.34. The van der Waals surface area contributed by atoms with Crippen molar-refractivity contribution in [2.45, 2.75) is 51.6 Å². The van der Waals surface area contributed by atoms with E-state index in [1.54, 1.807) is 7.11 Å². The maximum absolute atomic E-state index is 9.56. The van der Waals surface area contributed by atoms with Gasteiger partial charge in [0.2, 0.25) is 0 Å². The smallest absolute Gasteiger partial charge is 0.153 e. The van der Waals surface area contributed by atoms with E-state index >= 15 is 0 Å². The summed E-state index contributed by atoms with van der Waals surface area (Å²) in [6.45, 7) is 3.92. The normalized spacial score (nSPS) is 20.6. The number of anilines is 2. The predicted octanol–water partition coefficient (Wildman–Crippen LogP) is 3.71. The summed E-state index contributed by atoms with van der Waals surface area (Å²) in [5.74, 6) is 1.78. The van der Waals surface area contributed by atoms with E-state index in [1.807, 2.05) is 26.0 Å². The standard InChI is InChI=1S/C18H23N5O/c1-11-8-16(20-17-9-12(2)22-23-17)21-18(15(11)10-19)13-4-6-14(24-3)7-5-13/h8-9,13-14H,4-7H2,1-3H3,(H2,20,21,22,23)/t13-,14+. The van der Waals surface area contributed by atoms with Crippen molar-refractivity contribution in [1.82, 2.24) is 15.2 Å². The number of nitrogens with zero attached hydrogens (tertiary/aromatic N) is 3. The number of methoxy groups -OCH3 is 1. The van der Waals surface area contributed by atoms with Crippen LogP contribution in [0, 0.1) is 25.2 Å². The molecule has 0 radical (unpaired) electrons. The summed E-state index contributed by atoms with van der Waals surface area (Å²) in [6.07, 6.45) is 4.38. The van der Waals surface area contributed by atoms with Crippen LogP contribution in [-0.4, -0.2) is 28.4 Å². The van der Waals surface area contributed by atoms with Crippen molar-refractivity contribution in [1.29, 1.82) is 5.26 Å². The average molecular weight is 325 g/mol. The highest BCUT2D eigenvalue weighted by atomic mass is 16.5. The van der Waals surface area contributed by atoms with Crippen LogP contribution in [0.2, 0.25) is 0 Å². The largest absolute Gasteiger partial charge is 0.381 e. The Morgan fingerprint density at radius 3 is 2.54 bits per heavy atom. The number of nitrogens with one attached hydrogen (secondary N) is 2. The summed E-state index contributed by atoms with van der Waals surface area (Å²) in [7, 11) is 1.77. The number of ether oxygens (including phenoxy) is 1. The number of hydrogen-bond donors (Lipinski definition) is 2. The first-order chi connectivity index (χ1) is 11.6.